The average molecular weight is 708 g/mol. The van der Waals surface area contributed by atoms with Crippen molar-refractivity contribution >= 4 is 14.3 Å². The molecule has 5 saturated heterocycles. The fourth-order valence-corrected chi connectivity index (χ4v) is 8.45. The van der Waals surface area contributed by atoms with Crippen LogP contribution in [0.1, 0.15) is 74.8 Å². The number of hydroxylamine groups is 2. The van der Waals surface area contributed by atoms with E-state index in [1.54, 1.807) is 0 Å². The second-order valence-electron chi connectivity index (χ2n) is 16.9. The molecule has 0 aromatic heterocycles. The minimum absolute atomic E-state index is 0.0146. The van der Waals surface area contributed by atoms with Crippen molar-refractivity contribution in [2.75, 3.05) is 13.2 Å². The molecule has 5 heterocycles. The highest BCUT2D eigenvalue weighted by Gasteiger charge is 2.66. The zero-order valence-corrected chi connectivity index (χ0v) is 32.2. The summed E-state index contributed by atoms with van der Waals surface area (Å²) in [5.74, 6) is -3.47. The largest absolute Gasteiger partial charge is 0.465 e. The minimum Gasteiger partial charge on any atom is -0.465 e. The van der Waals surface area contributed by atoms with E-state index in [-0.39, 0.29) is 17.6 Å². The van der Waals surface area contributed by atoms with E-state index in [9.17, 15) is 4.79 Å². The number of fused-ring (bicyclic) bond motifs is 3. The Bertz CT molecular complexity index is 1330. The van der Waals surface area contributed by atoms with Gasteiger partial charge in [-0.2, -0.15) is 5.06 Å². The Morgan fingerprint density at radius 2 is 1.35 bits per heavy atom. The lowest BCUT2D eigenvalue weighted by Crippen LogP contribution is -2.60. The molecule has 0 amide bonds. The van der Waals surface area contributed by atoms with Gasteiger partial charge in [0.1, 0.15) is 42.7 Å². The smallest absolute Gasteiger partial charge is 0.302 e. The van der Waals surface area contributed by atoms with Gasteiger partial charge >= 0.3 is 5.97 Å². The molecule has 0 spiro atoms. The third kappa shape index (κ3) is 7.82. The van der Waals surface area contributed by atoms with Crippen molar-refractivity contribution in [3.8, 4) is 0 Å². The normalized spacial score (nSPS) is 38.4. The van der Waals surface area contributed by atoms with Crippen LogP contribution < -0.4 is 0 Å². The van der Waals surface area contributed by atoms with E-state index in [1.807, 2.05) is 64.8 Å². The highest BCUT2D eigenvalue weighted by atomic mass is 28.4. The van der Waals surface area contributed by atoms with Gasteiger partial charge < -0.3 is 42.3 Å². The summed E-state index contributed by atoms with van der Waals surface area (Å²) in [5.41, 5.74) is 1.05. The highest BCUT2D eigenvalue weighted by molar-refractivity contribution is 6.74. The van der Waals surface area contributed by atoms with Crippen LogP contribution in [0.2, 0.25) is 18.1 Å². The first-order valence-electron chi connectivity index (χ1n) is 17.6. The number of benzene rings is 1. The third-order valence-electron chi connectivity index (χ3n) is 10.6. The molecule has 13 heteroatoms. The van der Waals surface area contributed by atoms with Crippen LogP contribution in [-0.4, -0.2) is 105 Å². The summed E-state index contributed by atoms with van der Waals surface area (Å²) in [6.45, 7) is 24.7. The van der Waals surface area contributed by atoms with Crippen molar-refractivity contribution < 1.29 is 52.0 Å². The summed E-state index contributed by atoms with van der Waals surface area (Å²) in [4.78, 5) is 19.4. The molecule has 3 unspecified atom stereocenters. The average Bonchev–Trinajstić information content (AvgIpc) is 3.68. The monoisotopic (exact) mass is 707 g/mol. The van der Waals surface area contributed by atoms with Crippen molar-refractivity contribution in [3.05, 3.63) is 35.9 Å². The maximum atomic E-state index is 12.4. The molecule has 12 nitrogen and oxygen atoms in total. The fraction of sp³-hybridized carbons (Fsp3) is 0.806. The van der Waals surface area contributed by atoms with Crippen molar-refractivity contribution in [2.24, 2.45) is 5.92 Å². The van der Waals surface area contributed by atoms with Crippen molar-refractivity contribution in [1.29, 1.82) is 0 Å². The number of nitrogens with zero attached hydrogens (tertiary/aromatic N) is 1. The predicted octanol–water partition coefficient (Wildman–Crippen LogP) is 5.29. The number of carbonyl (C=O) groups is 1. The number of hydrogen-bond acceptors (Lipinski definition) is 12. The van der Waals surface area contributed by atoms with E-state index < -0.39 is 86.7 Å². The van der Waals surface area contributed by atoms with Gasteiger partial charge in [0.2, 0.25) is 0 Å². The van der Waals surface area contributed by atoms with Gasteiger partial charge in [0.25, 0.3) is 0 Å². The van der Waals surface area contributed by atoms with Crippen molar-refractivity contribution in [3.63, 3.8) is 0 Å². The number of hydrogen-bond donors (Lipinski definition) is 0. The fourth-order valence-electron chi connectivity index (χ4n) is 7.43. The van der Waals surface area contributed by atoms with Gasteiger partial charge in [-0.3, -0.25) is 9.63 Å². The van der Waals surface area contributed by atoms with Crippen LogP contribution in [0.25, 0.3) is 0 Å². The summed E-state index contributed by atoms with van der Waals surface area (Å²) in [6.07, 6.45) is -4.45. The molecular formula is C36H57NO11Si. The first kappa shape index (κ1) is 37.3. The van der Waals surface area contributed by atoms with E-state index >= 15 is 0 Å². The molecule has 5 aliphatic rings. The number of ether oxygens (including phenoxy) is 8. The molecule has 0 N–H and O–H groups in total. The van der Waals surface area contributed by atoms with Crippen LogP contribution in [0.15, 0.2) is 30.3 Å². The summed E-state index contributed by atoms with van der Waals surface area (Å²) in [6, 6.07) is 9.68. The second kappa shape index (κ2) is 13.2. The van der Waals surface area contributed by atoms with Crippen LogP contribution in [0.3, 0.4) is 0 Å². The van der Waals surface area contributed by atoms with Gasteiger partial charge in [-0.25, -0.2) is 0 Å². The lowest BCUT2D eigenvalue weighted by Gasteiger charge is -2.40. The molecule has 6 rings (SSSR count). The zero-order valence-electron chi connectivity index (χ0n) is 31.2. The van der Waals surface area contributed by atoms with Gasteiger partial charge in [-0.1, -0.05) is 51.1 Å². The van der Waals surface area contributed by atoms with Gasteiger partial charge in [0.15, 0.2) is 32.0 Å². The molecule has 1 aromatic rings. The van der Waals surface area contributed by atoms with E-state index in [4.69, 9.17) is 47.2 Å². The maximum absolute atomic E-state index is 12.4. The Kier molecular flexibility index (Phi) is 10.0. The Morgan fingerprint density at radius 3 is 1.98 bits per heavy atom. The summed E-state index contributed by atoms with van der Waals surface area (Å²) < 4.78 is 58.1. The molecule has 49 heavy (non-hydrogen) atoms. The van der Waals surface area contributed by atoms with Crippen molar-refractivity contribution in [2.45, 2.75) is 166 Å². The highest BCUT2D eigenvalue weighted by Crippen LogP contribution is 2.49. The molecule has 5 aliphatic heterocycles. The number of rotatable bonds is 9. The van der Waals surface area contributed by atoms with Gasteiger partial charge in [0, 0.05) is 19.4 Å². The second-order valence-corrected chi connectivity index (χ2v) is 21.7. The van der Waals surface area contributed by atoms with Gasteiger partial charge in [0.05, 0.1) is 19.3 Å². The molecule has 0 saturated carbocycles. The number of esters is 1. The van der Waals surface area contributed by atoms with Crippen molar-refractivity contribution in [1.82, 2.24) is 5.06 Å². The summed E-state index contributed by atoms with van der Waals surface area (Å²) in [7, 11) is -2.13. The van der Waals surface area contributed by atoms with Gasteiger partial charge in [-0.15, -0.1) is 0 Å². The standard InChI is InChI=1S/C36H57NO11Si/c1-21(38)39-19-23-25(27-24(42-34(5,6)43-27)20-40-49(11,12)33(2,3)4)37(18-22-16-14-13-15-17-22)48-26(23)28-29-30(45-35(7,8)44-29)31-32(41-28)47-36(9,10)46-31/h13-17,23-32H,18-20H2,1-12H3/t23-,24+,25-,26+,27+,28?,29+,30?,31?,32-/m1/s1. The van der Waals surface area contributed by atoms with E-state index in [2.05, 4.69) is 46.0 Å². The lowest BCUT2D eigenvalue weighted by molar-refractivity contribution is -0.281. The first-order valence-corrected chi connectivity index (χ1v) is 20.5. The third-order valence-corrected chi connectivity index (χ3v) is 15.1. The molecule has 0 bridgehead atoms. The SMILES string of the molecule is CC(=O)OC[C@@H]1[C@H]([C@H]2OC(C)(C)O[C@H]2CO[Si](C)(C)C(C)(C)C)N(Cc2ccccc2)O[C@@H]1C1O[C@@H]2OC(C)(C)OC2C2OC(C)(C)O[C@H]21. The zero-order chi connectivity index (χ0) is 35.7. The van der Waals surface area contributed by atoms with Crippen LogP contribution in [0, 0.1) is 5.92 Å². The molecule has 5 fully saturated rings. The Hall–Kier alpha value is -1.49. The Morgan fingerprint density at radius 1 is 0.776 bits per heavy atom. The first-order chi connectivity index (χ1) is 22.7. The molecule has 1 aromatic carbocycles. The minimum atomic E-state index is -2.13. The molecule has 276 valence electrons. The molecular weight excluding hydrogens is 650 g/mol. The number of carbonyl (C=O) groups excluding carboxylic acids is 1. The van der Waals surface area contributed by atoms with Crippen LogP contribution >= 0.6 is 0 Å². The van der Waals surface area contributed by atoms with Crippen LogP contribution in [-0.2, 0) is 58.5 Å². The van der Waals surface area contributed by atoms with Crippen LogP contribution in [0.4, 0.5) is 0 Å². The maximum Gasteiger partial charge on any atom is 0.302 e. The topological polar surface area (TPSA) is 113 Å². The summed E-state index contributed by atoms with van der Waals surface area (Å²) >= 11 is 0. The van der Waals surface area contributed by atoms with Gasteiger partial charge in [-0.05, 0) is 65.2 Å². The quantitative estimate of drug-likeness (QED) is 0.246. The van der Waals surface area contributed by atoms with Crippen LogP contribution in [0.5, 0.6) is 0 Å². The molecule has 0 aliphatic carbocycles. The molecule has 0 radical (unpaired) electrons. The molecule has 10 atom stereocenters. The Balaban J connectivity index is 1.38. The lowest BCUT2D eigenvalue weighted by atomic mass is 9.83. The van der Waals surface area contributed by atoms with E-state index in [0.717, 1.165) is 5.56 Å². The summed E-state index contributed by atoms with van der Waals surface area (Å²) in [5, 5.41) is 1.96. The predicted molar refractivity (Wildman–Crippen MR) is 180 cm³/mol. The van der Waals surface area contributed by atoms with E-state index in [1.165, 1.54) is 6.92 Å². The Labute approximate surface area is 292 Å². The van der Waals surface area contributed by atoms with E-state index in [0.29, 0.717) is 13.2 Å².